The van der Waals surface area contributed by atoms with Gasteiger partial charge in [-0.2, -0.15) is 0 Å². The molecule has 1 fully saturated rings. The van der Waals surface area contributed by atoms with Crippen LogP contribution in [0.4, 0.5) is 15.8 Å². The van der Waals surface area contributed by atoms with Crippen LogP contribution in [0.25, 0.3) is 0 Å². The van der Waals surface area contributed by atoms with Gasteiger partial charge in [0.15, 0.2) is 0 Å². The van der Waals surface area contributed by atoms with E-state index in [2.05, 4.69) is 16.2 Å². The van der Waals surface area contributed by atoms with Crippen LogP contribution in [0.2, 0.25) is 5.02 Å². The number of nitrogens with one attached hydrogen (secondary N) is 3. The van der Waals surface area contributed by atoms with Gasteiger partial charge in [0.1, 0.15) is 10.2 Å². The lowest BCUT2D eigenvalue weighted by molar-refractivity contribution is -0.117. The number of carbonyl (C=O) groups is 2. The largest absolute Gasteiger partial charge is 0.326 e. The normalized spacial score (nSPS) is 18.0. The lowest BCUT2D eigenvalue weighted by Gasteiger charge is -2.13. The minimum atomic E-state index is -1.23. The van der Waals surface area contributed by atoms with Gasteiger partial charge in [-0.05, 0) is 68.3 Å². The molecule has 0 heterocycles. The maximum Gasteiger partial charge on any atom is 0.271 e. The van der Waals surface area contributed by atoms with Crippen molar-refractivity contribution in [1.82, 2.24) is 5.43 Å². The number of benzene rings is 3. The average Bonchev–Trinajstić information content (AvgIpc) is 3.35. The Morgan fingerprint density at radius 1 is 0.943 bits per heavy atom. The zero-order valence-corrected chi connectivity index (χ0v) is 21.4. The van der Waals surface area contributed by atoms with Crippen LogP contribution in [-0.2, 0) is 4.79 Å². The number of hydrazine groups is 1. The molecule has 4 rings (SSSR count). The molecule has 3 aromatic carbocycles. The monoisotopic (exact) mass is 533 g/mol. The van der Waals surface area contributed by atoms with E-state index in [1.807, 2.05) is 32.0 Å². The number of hydrogen-bond donors (Lipinski definition) is 3. The Morgan fingerprint density at radius 2 is 1.63 bits per heavy atom. The molecule has 0 bridgehead atoms. The molecule has 1 aliphatic carbocycles. The molecule has 5 nitrogen and oxygen atoms in total. The first kappa shape index (κ1) is 25.3. The van der Waals surface area contributed by atoms with Gasteiger partial charge in [-0.3, -0.25) is 20.4 Å². The van der Waals surface area contributed by atoms with E-state index in [-0.39, 0.29) is 28.2 Å². The number of aryl methyl sites for hydroxylation is 3. The highest BCUT2D eigenvalue weighted by atomic mass is 35.5. The van der Waals surface area contributed by atoms with Gasteiger partial charge in [-0.15, -0.1) is 23.2 Å². The van der Waals surface area contributed by atoms with Gasteiger partial charge in [-0.1, -0.05) is 40.9 Å². The maximum absolute atomic E-state index is 13.3. The zero-order chi connectivity index (χ0) is 25.5. The Kier molecular flexibility index (Phi) is 7.00. The topological polar surface area (TPSA) is 70.2 Å². The molecule has 0 spiro atoms. The fourth-order valence-electron chi connectivity index (χ4n) is 4.21. The number of carbonyl (C=O) groups excluding carboxylic acids is 2. The summed E-state index contributed by atoms with van der Waals surface area (Å²) in [6.45, 7) is 5.66. The lowest BCUT2D eigenvalue weighted by atomic mass is 10.0. The molecule has 3 N–H and O–H groups in total. The number of hydrogen-bond acceptors (Lipinski definition) is 3. The second kappa shape index (κ2) is 9.69. The molecule has 0 radical (unpaired) electrons. The number of halogens is 4. The third-order valence-electron chi connectivity index (χ3n) is 5.92. The standard InChI is InChI=1S/C26H23Cl3FN3O2/c1-13-8-14(2)10-16(9-13)22-23(26(22,28)29)25(35)31-18-5-6-20(27)19(12-18)24(34)33-32-21-7-4-17(30)11-15(21)3/h4-12,22-23,32H,1-3H3,(H,31,35)(H,33,34). The van der Waals surface area contributed by atoms with Gasteiger partial charge in [0.2, 0.25) is 5.91 Å². The van der Waals surface area contributed by atoms with Crippen LogP contribution in [0, 0.1) is 32.5 Å². The molecule has 2 atom stereocenters. The summed E-state index contributed by atoms with van der Waals surface area (Å²) in [7, 11) is 0. The van der Waals surface area contributed by atoms with Crippen molar-refractivity contribution in [3.8, 4) is 0 Å². The molecule has 0 saturated heterocycles. The minimum Gasteiger partial charge on any atom is -0.326 e. The smallest absolute Gasteiger partial charge is 0.271 e. The van der Waals surface area contributed by atoms with Gasteiger partial charge in [0.05, 0.1) is 22.2 Å². The quantitative estimate of drug-likeness (QED) is 0.244. The van der Waals surface area contributed by atoms with Crippen LogP contribution < -0.4 is 16.2 Å². The van der Waals surface area contributed by atoms with E-state index >= 15 is 0 Å². The first-order valence-electron chi connectivity index (χ1n) is 10.9. The van der Waals surface area contributed by atoms with E-state index in [9.17, 15) is 14.0 Å². The van der Waals surface area contributed by atoms with Crippen molar-refractivity contribution < 1.29 is 14.0 Å². The van der Waals surface area contributed by atoms with E-state index < -0.39 is 16.2 Å². The van der Waals surface area contributed by atoms with Crippen molar-refractivity contribution in [2.75, 3.05) is 10.7 Å². The molecule has 0 aromatic heterocycles. The lowest BCUT2D eigenvalue weighted by Crippen LogP contribution is -2.30. The van der Waals surface area contributed by atoms with Crippen LogP contribution in [-0.4, -0.2) is 16.1 Å². The Balaban J connectivity index is 1.46. The summed E-state index contributed by atoms with van der Waals surface area (Å²) >= 11 is 19.2. The first-order valence-corrected chi connectivity index (χ1v) is 12.0. The van der Waals surface area contributed by atoms with Crippen LogP contribution in [0.1, 0.15) is 38.5 Å². The first-order chi connectivity index (χ1) is 16.5. The van der Waals surface area contributed by atoms with Crippen LogP contribution >= 0.6 is 34.8 Å². The number of anilines is 2. The van der Waals surface area contributed by atoms with Crippen molar-refractivity contribution in [2.24, 2.45) is 5.92 Å². The van der Waals surface area contributed by atoms with Gasteiger partial charge >= 0.3 is 0 Å². The Labute approximate surface area is 217 Å². The SMILES string of the molecule is Cc1cc(C)cc(C2C(C(=O)Nc3ccc(Cl)c(C(=O)NNc4ccc(F)cc4C)c3)C2(Cl)Cl)c1. The van der Waals surface area contributed by atoms with E-state index in [4.69, 9.17) is 34.8 Å². The third kappa shape index (κ3) is 5.40. The predicted molar refractivity (Wildman–Crippen MR) is 139 cm³/mol. The Bertz CT molecular complexity index is 1310. The highest BCUT2D eigenvalue weighted by Crippen LogP contribution is 2.65. The zero-order valence-electron chi connectivity index (χ0n) is 19.2. The summed E-state index contributed by atoms with van der Waals surface area (Å²) in [5, 5.41) is 2.99. The second-order valence-electron chi connectivity index (χ2n) is 8.77. The van der Waals surface area contributed by atoms with Crippen molar-refractivity contribution in [1.29, 1.82) is 0 Å². The molecule has 1 aliphatic rings. The summed E-state index contributed by atoms with van der Waals surface area (Å²) in [6.07, 6.45) is 0. The van der Waals surface area contributed by atoms with Crippen LogP contribution in [0.5, 0.6) is 0 Å². The number of alkyl halides is 2. The van der Waals surface area contributed by atoms with E-state index in [1.165, 1.54) is 30.3 Å². The number of rotatable bonds is 6. The van der Waals surface area contributed by atoms with E-state index in [0.717, 1.165) is 16.7 Å². The van der Waals surface area contributed by atoms with Crippen LogP contribution in [0.15, 0.2) is 54.6 Å². The maximum atomic E-state index is 13.3. The summed E-state index contributed by atoms with van der Waals surface area (Å²) in [5.41, 5.74) is 9.98. The highest BCUT2D eigenvalue weighted by Gasteiger charge is 2.67. The Morgan fingerprint density at radius 3 is 2.29 bits per heavy atom. The summed E-state index contributed by atoms with van der Waals surface area (Å²) in [6, 6.07) is 14.7. The van der Waals surface area contributed by atoms with E-state index in [0.29, 0.717) is 16.9 Å². The van der Waals surface area contributed by atoms with Gasteiger partial charge < -0.3 is 5.32 Å². The Hall–Kier alpha value is -2.80. The molecule has 182 valence electrons. The molecular formula is C26H23Cl3FN3O2. The molecule has 9 heteroatoms. The molecular weight excluding hydrogens is 512 g/mol. The van der Waals surface area contributed by atoms with Crippen molar-refractivity contribution in [3.05, 3.63) is 93.3 Å². The fourth-order valence-corrected chi connectivity index (χ4v) is 5.24. The second-order valence-corrected chi connectivity index (χ2v) is 10.6. The molecule has 2 unspecified atom stereocenters. The van der Waals surface area contributed by atoms with Crippen LogP contribution in [0.3, 0.4) is 0 Å². The summed E-state index contributed by atoms with van der Waals surface area (Å²) in [4.78, 5) is 25.7. The van der Waals surface area contributed by atoms with Gasteiger partial charge in [0.25, 0.3) is 5.91 Å². The van der Waals surface area contributed by atoms with Gasteiger partial charge in [-0.25, -0.2) is 4.39 Å². The molecule has 3 aromatic rings. The molecule has 0 aliphatic heterocycles. The average molecular weight is 535 g/mol. The minimum absolute atomic E-state index is 0.140. The van der Waals surface area contributed by atoms with Crippen molar-refractivity contribution in [3.63, 3.8) is 0 Å². The third-order valence-corrected chi connectivity index (χ3v) is 7.19. The molecule has 2 amide bonds. The fraction of sp³-hybridized carbons (Fsp3) is 0.231. The molecule has 1 saturated carbocycles. The van der Waals surface area contributed by atoms with E-state index in [1.54, 1.807) is 13.0 Å². The van der Waals surface area contributed by atoms with Crippen molar-refractivity contribution >= 4 is 58.0 Å². The summed E-state index contributed by atoms with van der Waals surface area (Å²) < 4.78 is 12.1. The molecule has 35 heavy (non-hydrogen) atoms. The predicted octanol–water partition coefficient (Wildman–Crippen LogP) is 6.69. The van der Waals surface area contributed by atoms with Crippen molar-refractivity contribution in [2.45, 2.75) is 31.0 Å². The number of amides is 2. The summed E-state index contributed by atoms with van der Waals surface area (Å²) in [5.74, 6) is -2.25. The van der Waals surface area contributed by atoms with Gasteiger partial charge in [0, 0.05) is 11.6 Å². The highest BCUT2D eigenvalue weighted by molar-refractivity contribution is 6.53.